The summed E-state index contributed by atoms with van der Waals surface area (Å²) in [6.07, 6.45) is 9.29. The van der Waals surface area contributed by atoms with Gasteiger partial charge in [-0.25, -0.2) is 0 Å². The number of aromatic nitrogens is 2. The first kappa shape index (κ1) is 22.8. The quantitative estimate of drug-likeness (QED) is 0.727. The molecule has 32 heavy (non-hydrogen) atoms. The first-order valence-electron chi connectivity index (χ1n) is 12.0. The van der Waals surface area contributed by atoms with Gasteiger partial charge in [0.25, 0.3) is 5.91 Å². The van der Waals surface area contributed by atoms with Crippen LogP contribution >= 0.6 is 0 Å². The molecular weight excluding hydrogens is 404 g/mol. The number of carbonyl (C=O) groups excluding carboxylic acids is 1. The van der Waals surface area contributed by atoms with Crippen LogP contribution in [-0.4, -0.2) is 71.0 Å². The molecule has 1 aromatic heterocycles. The van der Waals surface area contributed by atoms with Gasteiger partial charge in [-0.3, -0.25) is 14.4 Å². The highest BCUT2D eigenvalue weighted by Crippen LogP contribution is 2.29. The first-order chi connectivity index (χ1) is 15.7. The number of benzene rings is 1. The molecule has 0 spiro atoms. The number of hydrogen-bond donors (Lipinski definition) is 0. The Bertz CT molecular complexity index is 884. The maximum atomic E-state index is 13.5. The fourth-order valence-electron chi connectivity index (χ4n) is 4.98. The van der Waals surface area contributed by atoms with Crippen molar-refractivity contribution in [3.63, 3.8) is 0 Å². The molecule has 2 aliphatic rings. The third kappa shape index (κ3) is 5.33. The average Bonchev–Trinajstić information content (AvgIpc) is 3.28. The number of hydrogen-bond acceptors (Lipinski definition) is 5. The Labute approximate surface area is 191 Å². The molecule has 1 saturated heterocycles. The minimum absolute atomic E-state index is 0.0652. The van der Waals surface area contributed by atoms with Crippen molar-refractivity contribution < 1.29 is 14.3 Å². The second-order valence-electron chi connectivity index (χ2n) is 8.80. The summed E-state index contributed by atoms with van der Waals surface area (Å²) < 4.78 is 13.9. The van der Waals surface area contributed by atoms with Crippen LogP contribution in [0.5, 0.6) is 5.75 Å². The Balaban J connectivity index is 1.54. The highest BCUT2D eigenvalue weighted by Gasteiger charge is 2.35. The van der Waals surface area contributed by atoms with Gasteiger partial charge in [-0.1, -0.05) is 18.6 Å². The molecule has 7 nitrogen and oxygen atoms in total. The van der Waals surface area contributed by atoms with E-state index in [1.807, 2.05) is 40.0 Å². The van der Waals surface area contributed by atoms with Gasteiger partial charge in [0, 0.05) is 45.0 Å². The van der Waals surface area contributed by atoms with E-state index in [9.17, 15) is 4.79 Å². The SMILES string of the molecule is CCn1cc(CN2CCCC[C@@H]3[C@H](OC)CCCN3C(=O)c3ccccc3OCC2)cn1. The number of rotatable bonds is 4. The number of methoxy groups -OCH3 is 1. The Morgan fingerprint density at radius 2 is 2.00 bits per heavy atom. The predicted octanol–water partition coefficient (Wildman–Crippen LogP) is 3.59. The summed E-state index contributed by atoms with van der Waals surface area (Å²) in [6, 6.07) is 7.78. The second-order valence-corrected chi connectivity index (χ2v) is 8.80. The minimum atomic E-state index is 0.0652. The molecule has 0 unspecified atom stereocenters. The van der Waals surface area contributed by atoms with Gasteiger partial charge in [-0.15, -0.1) is 0 Å². The van der Waals surface area contributed by atoms with E-state index in [1.54, 1.807) is 7.11 Å². The van der Waals surface area contributed by atoms with Gasteiger partial charge < -0.3 is 14.4 Å². The highest BCUT2D eigenvalue weighted by molar-refractivity contribution is 5.97. The number of ether oxygens (including phenoxy) is 2. The maximum absolute atomic E-state index is 13.5. The van der Waals surface area contributed by atoms with E-state index < -0.39 is 0 Å². The van der Waals surface area contributed by atoms with E-state index in [2.05, 4.69) is 23.1 Å². The van der Waals surface area contributed by atoms with Crippen LogP contribution in [0.3, 0.4) is 0 Å². The molecule has 2 atom stereocenters. The molecule has 2 aliphatic heterocycles. The van der Waals surface area contributed by atoms with E-state index in [0.29, 0.717) is 17.9 Å². The number of nitrogens with zero attached hydrogens (tertiary/aromatic N) is 4. The lowest BCUT2D eigenvalue weighted by Crippen LogP contribution is -2.51. The van der Waals surface area contributed by atoms with Gasteiger partial charge in [-0.2, -0.15) is 5.10 Å². The number of piperidine rings is 1. The normalized spacial score (nSPS) is 23.3. The van der Waals surface area contributed by atoms with Crippen molar-refractivity contribution in [2.75, 3.05) is 33.4 Å². The summed E-state index contributed by atoms with van der Waals surface area (Å²) in [6.45, 7) is 6.99. The molecular formula is C25H36N4O3. The lowest BCUT2D eigenvalue weighted by atomic mass is 9.93. The molecule has 7 heteroatoms. The maximum Gasteiger partial charge on any atom is 0.257 e. The Kier molecular flexibility index (Phi) is 7.81. The van der Waals surface area contributed by atoms with E-state index in [1.165, 1.54) is 5.56 Å². The number of para-hydroxylation sites is 1. The van der Waals surface area contributed by atoms with Crippen LogP contribution in [0.4, 0.5) is 0 Å². The molecule has 1 aromatic carbocycles. The summed E-state index contributed by atoms with van der Waals surface area (Å²) in [5.41, 5.74) is 1.88. The molecule has 3 heterocycles. The zero-order chi connectivity index (χ0) is 22.3. The number of amides is 1. The topological polar surface area (TPSA) is 59.8 Å². The summed E-state index contributed by atoms with van der Waals surface area (Å²) in [5, 5.41) is 4.42. The van der Waals surface area contributed by atoms with Crippen LogP contribution < -0.4 is 4.74 Å². The van der Waals surface area contributed by atoms with Gasteiger partial charge >= 0.3 is 0 Å². The Hall–Kier alpha value is -2.38. The summed E-state index contributed by atoms with van der Waals surface area (Å²) in [4.78, 5) is 18.0. The Morgan fingerprint density at radius 3 is 2.81 bits per heavy atom. The van der Waals surface area contributed by atoms with Gasteiger partial charge in [0.1, 0.15) is 12.4 Å². The van der Waals surface area contributed by atoms with Crippen LogP contribution in [-0.2, 0) is 17.8 Å². The second kappa shape index (κ2) is 11.0. The molecule has 0 bridgehead atoms. The van der Waals surface area contributed by atoms with Crippen molar-refractivity contribution in [1.82, 2.24) is 19.6 Å². The van der Waals surface area contributed by atoms with E-state index >= 15 is 0 Å². The van der Waals surface area contributed by atoms with Gasteiger partial charge in [-0.05, 0) is 51.3 Å². The zero-order valence-corrected chi connectivity index (χ0v) is 19.4. The molecule has 174 valence electrons. The summed E-state index contributed by atoms with van der Waals surface area (Å²) >= 11 is 0. The van der Waals surface area contributed by atoms with Crippen LogP contribution in [0, 0.1) is 0 Å². The molecule has 0 N–H and O–H groups in total. The van der Waals surface area contributed by atoms with Crippen molar-refractivity contribution in [2.24, 2.45) is 0 Å². The molecule has 0 aliphatic carbocycles. The molecule has 2 aromatic rings. The highest BCUT2D eigenvalue weighted by atomic mass is 16.5. The van der Waals surface area contributed by atoms with Crippen LogP contribution in [0.25, 0.3) is 0 Å². The van der Waals surface area contributed by atoms with Crippen molar-refractivity contribution in [3.05, 3.63) is 47.8 Å². The summed E-state index contributed by atoms with van der Waals surface area (Å²) in [7, 11) is 1.77. The van der Waals surface area contributed by atoms with Gasteiger partial charge in [0.05, 0.1) is 23.9 Å². The number of carbonyl (C=O) groups is 1. The molecule has 0 radical (unpaired) electrons. The zero-order valence-electron chi connectivity index (χ0n) is 19.4. The van der Waals surface area contributed by atoms with Crippen LogP contribution in [0.15, 0.2) is 36.7 Å². The van der Waals surface area contributed by atoms with E-state index in [4.69, 9.17) is 9.47 Å². The molecule has 1 amide bonds. The van der Waals surface area contributed by atoms with Crippen molar-refractivity contribution in [1.29, 1.82) is 0 Å². The average molecular weight is 441 g/mol. The monoisotopic (exact) mass is 440 g/mol. The van der Waals surface area contributed by atoms with Crippen LogP contribution in [0.1, 0.15) is 54.9 Å². The third-order valence-corrected chi connectivity index (χ3v) is 6.70. The molecule has 4 rings (SSSR count). The number of aryl methyl sites for hydroxylation is 1. The fraction of sp³-hybridized carbons (Fsp3) is 0.600. The van der Waals surface area contributed by atoms with Gasteiger partial charge in [0.15, 0.2) is 0 Å². The number of fused-ring (bicyclic) bond motifs is 2. The van der Waals surface area contributed by atoms with Crippen molar-refractivity contribution >= 4 is 5.91 Å². The molecule has 1 fully saturated rings. The first-order valence-corrected chi connectivity index (χ1v) is 12.0. The van der Waals surface area contributed by atoms with E-state index in [0.717, 1.165) is 64.8 Å². The lowest BCUT2D eigenvalue weighted by Gasteiger charge is -2.41. The largest absolute Gasteiger partial charge is 0.491 e. The standard InChI is InChI=1S/C25H36N4O3/c1-3-28-19-20(17-26-28)18-27-13-7-6-10-22-24(31-2)12-8-14-29(22)25(30)21-9-4-5-11-23(21)32-16-15-27/h4-5,9,11,17,19,22,24H,3,6-8,10,12-16,18H2,1-2H3/t22-,24-/m1/s1. The van der Waals surface area contributed by atoms with Crippen LogP contribution in [0.2, 0.25) is 0 Å². The van der Waals surface area contributed by atoms with Gasteiger partial charge in [0.2, 0.25) is 0 Å². The smallest absolute Gasteiger partial charge is 0.257 e. The molecule has 0 saturated carbocycles. The lowest BCUT2D eigenvalue weighted by molar-refractivity contribution is -0.0155. The summed E-state index contributed by atoms with van der Waals surface area (Å²) in [5.74, 6) is 0.740. The third-order valence-electron chi connectivity index (χ3n) is 6.70. The Morgan fingerprint density at radius 1 is 1.12 bits per heavy atom. The van der Waals surface area contributed by atoms with Crippen molar-refractivity contribution in [2.45, 2.75) is 64.3 Å². The predicted molar refractivity (Wildman–Crippen MR) is 124 cm³/mol. The van der Waals surface area contributed by atoms with Crippen molar-refractivity contribution in [3.8, 4) is 5.75 Å². The fourth-order valence-corrected chi connectivity index (χ4v) is 4.98. The van der Waals surface area contributed by atoms with E-state index in [-0.39, 0.29) is 18.1 Å². The minimum Gasteiger partial charge on any atom is -0.491 e.